The number of fused-ring (bicyclic) bond motifs is 1. The van der Waals surface area contributed by atoms with Gasteiger partial charge in [0, 0.05) is 37.1 Å². The van der Waals surface area contributed by atoms with Crippen LogP contribution >= 0.6 is 0 Å². The highest BCUT2D eigenvalue weighted by Crippen LogP contribution is 2.06. The molecule has 0 aliphatic heterocycles. The van der Waals surface area contributed by atoms with Crippen molar-refractivity contribution in [1.29, 1.82) is 0 Å². The number of aromatic nitrogens is 3. The van der Waals surface area contributed by atoms with Gasteiger partial charge < -0.3 is 5.32 Å². The van der Waals surface area contributed by atoms with Crippen molar-refractivity contribution in [1.82, 2.24) is 19.9 Å². The molecule has 0 aliphatic carbocycles. The van der Waals surface area contributed by atoms with Gasteiger partial charge in [-0.25, -0.2) is 9.50 Å². The zero-order valence-corrected chi connectivity index (χ0v) is 11.8. The molecule has 0 spiro atoms. The molecular weight excluding hydrogens is 248 g/mol. The number of aryl methyl sites for hydroxylation is 2. The van der Waals surface area contributed by atoms with E-state index in [0.29, 0.717) is 0 Å². The smallest absolute Gasteiger partial charge is 0.155 e. The van der Waals surface area contributed by atoms with Crippen LogP contribution in [0.3, 0.4) is 0 Å². The minimum atomic E-state index is 0.787. The van der Waals surface area contributed by atoms with E-state index in [2.05, 4.69) is 46.6 Å². The van der Waals surface area contributed by atoms with Gasteiger partial charge in [0.25, 0.3) is 0 Å². The summed E-state index contributed by atoms with van der Waals surface area (Å²) in [6.07, 6.45) is 3.93. The molecule has 3 aromatic rings. The van der Waals surface area contributed by atoms with E-state index in [-0.39, 0.29) is 0 Å². The van der Waals surface area contributed by atoms with Gasteiger partial charge in [-0.15, -0.1) is 0 Å². The first kappa shape index (κ1) is 12.8. The maximum absolute atomic E-state index is 4.40. The Labute approximate surface area is 118 Å². The molecule has 4 nitrogen and oxygen atoms in total. The van der Waals surface area contributed by atoms with Crippen molar-refractivity contribution in [3.8, 4) is 0 Å². The maximum Gasteiger partial charge on any atom is 0.155 e. The van der Waals surface area contributed by atoms with Gasteiger partial charge >= 0.3 is 0 Å². The van der Waals surface area contributed by atoms with Crippen LogP contribution in [0.25, 0.3) is 5.65 Å². The van der Waals surface area contributed by atoms with Gasteiger partial charge in [0.05, 0.1) is 5.69 Å². The summed E-state index contributed by atoms with van der Waals surface area (Å²) < 4.78 is 1.83. The summed E-state index contributed by atoms with van der Waals surface area (Å²) in [4.78, 5) is 4.40. The van der Waals surface area contributed by atoms with E-state index < -0.39 is 0 Å². The molecule has 0 unspecified atom stereocenters. The van der Waals surface area contributed by atoms with Gasteiger partial charge in [0.15, 0.2) is 5.65 Å². The predicted octanol–water partition coefficient (Wildman–Crippen LogP) is 2.64. The number of nitrogens with one attached hydrogen (secondary N) is 1. The molecule has 0 saturated heterocycles. The molecule has 1 aromatic carbocycles. The predicted molar refractivity (Wildman–Crippen MR) is 79.4 cm³/mol. The molecule has 0 aliphatic rings. The molecule has 0 fully saturated rings. The molecule has 0 atom stereocenters. The molecule has 0 radical (unpaired) electrons. The molecule has 102 valence electrons. The topological polar surface area (TPSA) is 42.2 Å². The fraction of sp³-hybridized carbons (Fsp3) is 0.250. The number of benzene rings is 1. The SMILES string of the molecule is Cc1ccc(CNCc2cnc3cc(C)nn3c2)cc1. The lowest BCUT2D eigenvalue weighted by atomic mass is 10.1. The molecule has 3 rings (SSSR count). The highest BCUT2D eigenvalue weighted by Gasteiger charge is 2.00. The number of nitrogens with zero attached hydrogens (tertiary/aromatic N) is 3. The monoisotopic (exact) mass is 266 g/mol. The largest absolute Gasteiger partial charge is 0.309 e. The number of hydrogen-bond acceptors (Lipinski definition) is 3. The van der Waals surface area contributed by atoms with E-state index >= 15 is 0 Å². The number of rotatable bonds is 4. The maximum atomic E-state index is 4.40. The van der Waals surface area contributed by atoms with Gasteiger partial charge in [-0.2, -0.15) is 5.10 Å². The van der Waals surface area contributed by atoms with Crippen molar-refractivity contribution >= 4 is 5.65 Å². The van der Waals surface area contributed by atoms with E-state index in [0.717, 1.165) is 30.0 Å². The second kappa shape index (κ2) is 5.43. The Morgan fingerprint density at radius 3 is 2.60 bits per heavy atom. The van der Waals surface area contributed by atoms with Crippen LogP contribution in [0.1, 0.15) is 22.4 Å². The Balaban J connectivity index is 1.63. The van der Waals surface area contributed by atoms with Crippen LogP contribution in [0.5, 0.6) is 0 Å². The highest BCUT2D eigenvalue weighted by molar-refractivity contribution is 5.38. The third kappa shape index (κ3) is 2.86. The molecule has 1 N–H and O–H groups in total. The summed E-state index contributed by atoms with van der Waals surface area (Å²) in [5.74, 6) is 0. The molecular formula is C16H18N4. The Bertz CT molecular complexity index is 713. The fourth-order valence-corrected chi connectivity index (χ4v) is 2.18. The standard InChI is InChI=1S/C16H18N4/c1-12-3-5-14(6-4-12)8-17-9-15-10-18-16-7-13(2)19-20(16)11-15/h3-7,10-11,17H,8-9H2,1-2H3. The first-order valence-corrected chi connectivity index (χ1v) is 6.78. The molecule has 0 amide bonds. The zero-order chi connectivity index (χ0) is 13.9. The minimum absolute atomic E-state index is 0.787. The van der Waals surface area contributed by atoms with Crippen molar-refractivity contribution in [2.24, 2.45) is 0 Å². The van der Waals surface area contributed by atoms with Gasteiger partial charge in [0.2, 0.25) is 0 Å². The van der Waals surface area contributed by atoms with E-state index in [1.54, 1.807) is 0 Å². The summed E-state index contributed by atoms with van der Waals surface area (Å²) in [6.45, 7) is 5.72. The Morgan fingerprint density at radius 2 is 1.80 bits per heavy atom. The lowest BCUT2D eigenvalue weighted by molar-refractivity contribution is 0.685. The van der Waals surface area contributed by atoms with Crippen molar-refractivity contribution in [3.63, 3.8) is 0 Å². The quantitative estimate of drug-likeness (QED) is 0.789. The summed E-state index contributed by atoms with van der Waals surface area (Å²) in [5.41, 5.74) is 5.59. The first-order chi connectivity index (χ1) is 9.70. The molecule has 2 heterocycles. The zero-order valence-electron chi connectivity index (χ0n) is 11.8. The molecule has 0 saturated carbocycles. The van der Waals surface area contributed by atoms with E-state index in [9.17, 15) is 0 Å². The molecule has 20 heavy (non-hydrogen) atoms. The van der Waals surface area contributed by atoms with Crippen molar-refractivity contribution in [3.05, 3.63) is 65.1 Å². The molecule has 2 aromatic heterocycles. The van der Waals surface area contributed by atoms with E-state index in [1.807, 2.05) is 29.9 Å². The highest BCUT2D eigenvalue weighted by atomic mass is 15.2. The van der Waals surface area contributed by atoms with E-state index in [1.165, 1.54) is 11.1 Å². The van der Waals surface area contributed by atoms with Gasteiger partial charge in [-0.1, -0.05) is 29.8 Å². The third-order valence-corrected chi connectivity index (χ3v) is 3.27. The average Bonchev–Trinajstić information content (AvgIpc) is 2.80. The summed E-state index contributed by atoms with van der Waals surface area (Å²) in [5, 5.41) is 7.80. The van der Waals surface area contributed by atoms with Gasteiger partial charge in [0.1, 0.15) is 0 Å². The average molecular weight is 266 g/mol. The lowest BCUT2D eigenvalue weighted by Gasteiger charge is -2.05. The van der Waals surface area contributed by atoms with Gasteiger partial charge in [-0.3, -0.25) is 0 Å². The minimum Gasteiger partial charge on any atom is -0.309 e. The Morgan fingerprint density at radius 1 is 1.05 bits per heavy atom. The normalized spacial score (nSPS) is 11.1. The lowest BCUT2D eigenvalue weighted by Crippen LogP contribution is -2.13. The summed E-state index contributed by atoms with van der Waals surface area (Å²) in [6, 6.07) is 10.6. The van der Waals surface area contributed by atoms with Crippen molar-refractivity contribution in [2.75, 3.05) is 0 Å². The summed E-state index contributed by atoms with van der Waals surface area (Å²) in [7, 11) is 0. The molecule has 0 bridgehead atoms. The van der Waals surface area contributed by atoms with E-state index in [4.69, 9.17) is 0 Å². The van der Waals surface area contributed by atoms with Crippen molar-refractivity contribution in [2.45, 2.75) is 26.9 Å². The summed E-state index contributed by atoms with van der Waals surface area (Å²) >= 11 is 0. The van der Waals surface area contributed by atoms with Crippen LogP contribution in [-0.4, -0.2) is 14.6 Å². The molecule has 4 heteroatoms. The number of hydrogen-bond donors (Lipinski definition) is 1. The second-order valence-electron chi connectivity index (χ2n) is 5.14. The van der Waals surface area contributed by atoms with Gasteiger partial charge in [-0.05, 0) is 19.4 Å². The van der Waals surface area contributed by atoms with Crippen LogP contribution in [0, 0.1) is 13.8 Å². The van der Waals surface area contributed by atoms with Crippen LogP contribution in [-0.2, 0) is 13.1 Å². The Hall–Kier alpha value is -2.20. The fourth-order valence-electron chi connectivity index (χ4n) is 2.18. The van der Waals surface area contributed by atoms with Crippen LogP contribution in [0.2, 0.25) is 0 Å². The second-order valence-corrected chi connectivity index (χ2v) is 5.14. The van der Waals surface area contributed by atoms with Crippen LogP contribution in [0.4, 0.5) is 0 Å². The third-order valence-electron chi connectivity index (χ3n) is 3.27. The van der Waals surface area contributed by atoms with Crippen molar-refractivity contribution < 1.29 is 0 Å². The van der Waals surface area contributed by atoms with Crippen LogP contribution in [0.15, 0.2) is 42.7 Å². The Kier molecular flexibility index (Phi) is 3.48. The first-order valence-electron chi connectivity index (χ1n) is 6.78. The van der Waals surface area contributed by atoms with Crippen LogP contribution < -0.4 is 5.32 Å².